The third-order valence-electron chi connectivity index (χ3n) is 2.89. The fourth-order valence-electron chi connectivity index (χ4n) is 1.88. The van der Waals surface area contributed by atoms with Gasteiger partial charge in [0.2, 0.25) is 0 Å². The highest BCUT2D eigenvalue weighted by Gasteiger charge is 2.44. The Kier molecular flexibility index (Phi) is 7.05. The third kappa shape index (κ3) is 4.59. The van der Waals surface area contributed by atoms with Crippen LogP contribution in [0.1, 0.15) is 6.42 Å². The van der Waals surface area contributed by atoms with E-state index in [0.29, 0.717) is 11.5 Å². The van der Waals surface area contributed by atoms with E-state index in [-0.39, 0.29) is 6.42 Å². The Balaban J connectivity index is 2.51. The van der Waals surface area contributed by atoms with Gasteiger partial charge in [0, 0.05) is 25.7 Å². The highest BCUT2D eigenvalue weighted by Crippen LogP contribution is 2.26. The molecule has 7 nitrogen and oxygen atoms in total. The maximum atomic E-state index is 10.4. The van der Waals surface area contributed by atoms with Crippen molar-refractivity contribution >= 4 is 17.7 Å². The van der Waals surface area contributed by atoms with Crippen LogP contribution in [0, 0.1) is 0 Å². The van der Waals surface area contributed by atoms with E-state index < -0.39 is 36.7 Å². The van der Waals surface area contributed by atoms with Gasteiger partial charge in [-0.2, -0.15) is 11.8 Å². The molecule has 1 fully saturated rings. The number of hydrogen-bond donors (Lipinski definition) is 3. The first-order valence-corrected chi connectivity index (χ1v) is 7.03. The molecule has 0 aromatic rings. The van der Waals surface area contributed by atoms with E-state index in [4.69, 9.17) is 19.3 Å². The van der Waals surface area contributed by atoms with Crippen molar-refractivity contribution in [3.05, 3.63) is 0 Å². The van der Waals surface area contributed by atoms with Crippen molar-refractivity contribution in [1.82, 2.24) is 0 Å². The van der Waals surface area contributed by atoms with Crippen LogP contribution in [-0.2, 0) is 19.0 Å². The number of carboxylic acids is 1. The molecule has 1 heterocycles. The number of hydrogen-bond acceptors (Lipinski definition) is 7. The highest BCUT2D eigenvalue weighted by molar-refractivity contribution is 7.99. The highest BCUT2D eigenvalue weighted by atomic mass is 32.2. The van der Waals surface area contributed by atoms with E-state index in [1.54, 1.807) is 0 Å². The Morgan fingerprint density at radius 3 is 2.47 bits per heavy atom. The van der Waals surface area contributed by atoms with E-state index in [1.807, 2.05) is 0 Å². The molecule has 0 aromatic heterocycles. The second kappa shape index (κ2) is 8.03. The minimum atomic E-state index is -1.17. The average Bonchev–Trinajstić information content (AvgIpc) is 2.38. The molecular weight excluding hydrogens is 276 g/mol. The van der Waals surface area contributed by atoms with Crippen LogP contribution >= 0.6 is 11.8 Å². The number of aliphatic hydroxyl groups is 2. The summed E-state index contributed by atoms with van der Waals surface area (Å²) in [6.45, 7) is 0. The van der Waals surface area contributed by atoms with Gasteiger partial charge in [-0.15, -0.1) is 0 Å². The topological polar surface area (TPSA) is 105 Å². The van der Waals surface area contributed by atoms with Gasteiger partial charge >= 0.3 is 5.97 Å². The van der Waals surface area contributed by atoms with Crippen LogP contribution in [-0.4, -0.2) is 77.7 Å². The van der Waals surface area contributed by atoms with Gasteiger partial charge < -0.3 is 29.5 Å². The van der Waals surface area contributed by atoms with Gasteiger partial charge in [-0.1, -0.05) is 0 Å². The molecule has 19 heavy (non-hydrogen) atoms. The van der Waals surface area contributed by atoms with Crippen molar-refractivity contribution < 1.29 is 34.3 Å². The van der Waals surface area contributed by atoms with Gasteiger partial charge in [0.05, 0.1) is 12.5 Å². The summed E-state index contributed by atoms with van der Waals surface area (Å²) in [5.74, 6) is 0.0442. The Labute approximate surface area is 115 Å². The van der Waals surface area contributed by atoms with E-state index >= 15 is 0 Å². The molecule has 0 saturated carbocycles. The molecule has 0 radical (unpaired) electrons. The molecule has 0 bridgehead atoms. The van der Waals surface area contributed by atoms with Crippen molar-refractivity contribution in [2.24, 2.45) is 0 Å². The van der Waals surface area contributed by atoms with E-state index in [2.05, 4.69) is 0 Å². The van der Waals surface area contributed by atoms with Crippen LogP contribution < -0.4 is 0 Å². The summed E-state index contributed by atoms with van der Waals surface area (Å²) in [4.78, 5) is 10.4. The molecule has 112 valence electrons. The van der Waals surface area contributed by atoms with Gasteiger partial charge in [0.25, 0.3) is 0 Å². The Hall–Kier alpha value is -0.380. The average molecular weight is 296 g/mol. The zero-order chi connectivity index (χ0) is 14.4. The first kappa shape index (κ1) is 16.7. The predicted molar refractivity (Wildman–Crippen MR) is 68.1 cm³/mol. The molecule has 2 unspecified atom stereocenters. The first-order valence-electron chi connectivity index (χ1n) is 5.88. The molecule has 1 rings (SSSR count). The SMILES string of the molecule is CO[C@H]1OC(CSCCC(=O)O)[C@@H](OC)[C@H](O)C1O. The molecule has 0 amide bonds. The number of aliphatic carboxylic acids is 1. The zero-order valence-corrected chi connectivity index (χ0v) is 11.7. The number of carbonyl (C=O) groups is 1. The summed E-state index contributed by atoms with van der Waals surface area (Å²) in [7, 11) is 2.80. The minimum Gasteiger partial charge on any atom is -0.481 e. The smallest absolute Gasteiger partial charge is 0.304 e. The largest absolute Gasteiger partial charge is 0.481 e. The lowest BCUT2D eigenvalue weighted by molar-refractivity contribution is -0.288. The Bertz CT molecular complexity index is 288. The van der Waals surface area contributed by atoms with Crippen LogP contribution in [0.4, 0.5) is 0 Å². The normalized spacial score (nSPS) is 35.3. The van der Waals surface area contributed by atoms with Crippen LogP contribution in [0.15, 0.2) is 0 Å². The van der Waals surface area contributed by atoms with Gasteiger partial charge in [-0.25, -0.2) is 0 Å². The Morgan fingerprint density at radius 2 is 1.95 bits per heavy atom. The monoisotopic (exact) mass is 296 g/mol. The standard InChI is InChI=1S/C11H20O7S/c1-16-10-6(5-19-4-3-7(12)13)18-11(17-2)9(15)8(10)14/h6,8-11,14-15H,3-5H2,1-2H3,(H,12,13)/t6?,8-,9?,10-,11+/m1/s1. The quantitative estimate of drug-likeness (QED) is 0.530. The van der Waals surface area contributed by atoms with Crippen molar-refractivity contribution in [2.45, 2.75) is 37.1 Å². The maximum Gasteiger partial charge on any atom is 0.304 e. The minimum absolute atomic E-state index is 0.0634. The first-order chi connectivity index (χ1) is 9.01. The molecule has 5 atom stereocenters. The third-order valence-corrected chi connectivity index (χ3v) is 3.94. The molecule has 0 aliphatic carbocycles. The fourth-order valence-corrected chi connectivity index (χ4v) is 2.87. The molecule has 8 heteroatoms. The molecule has 0 aromatic carbocycles. The van der Waals surface area contributed by atoms with Crippen molar-refractivity contribution in [1.29, 1.82) is 0 Å². The second-order valence-electron chi connectivity index (χ2n) is 4.18. The van der Waals surface area contributed by atoms with Crippen LogP contribution in [0.25, 0.3) is 0 Å². The number of thioether (sulfide) groups is 1. The van der Waals surface area contributed by atoms with Gasteiger partial charge in [0.1, 0.15) is 18.3 Å². The lowest BCUT2D eigenvalue weighted by Crippen LogP contribution is -2.59. The second-order valence-corrected chi connectivity index (χ2v) is 5.33. The summed E-state index contributed by atoms with van der Waals surface area (Å²) in [5.41, 5.74) is 0. The summed E-state index contributed by atoms with van der Waals surface area (Å²) in [6.07, 6.45) is -4.25. The van der Waals surface area contributed by atoms with Crippen LogP contribution in [0.3, 0.4) is 0 Å². The number of rotatable bonds is 7. The van der Waals surface area contributed by atoms with E-state index in [9.17, 15) is 15.0 Å². The maximum absolute atomic E-state index is 10.4. The van der Waals surface area contributed by atoms with Crippen LogP contribution in [0.2, 0.25) is 0 Å². The van der Waals surface area contributed by atoms with Crippen molar-refractivity contribution in [3.8, 4) is 0 Å². The summed E-state index contributed by atoms with van der Waals surface area (Å²) >= 11 is 1.39. The van der Waals surface area contributed by atoms with Gasteiger partial charge in [0.15, 0.2) is 6.29 Å². The summed E-state index contributed by atoms with van der Waals surface area (Å²) in [5, 5.41) is 28.2. The lowest BCUT2D eigenvalue weighted by Gasteiger charge is -2.41. The molecule has 1 saturated heterocycles. The number of carboxylic acid groups (broad SMARTS) is 1. The molecule has 1 aliphatic rings. The fraction of sp³-hybridized carbons (Fsp3) is 0.909. The van der Waals surface area contributed by atoms with Gasteiger partial charge in [-0.3, -0.25) is 4.79 Å². The number of ether oxygens (including phenoxy) is 3. The van der Waals surface area contributed by atoms with E-state index in [1.165, 1.54) is 26.0 Å². The number of aliphatic hydroxyl groups excluding tert-OH is 2. The van der Waals surface area contributed by atoms with Gasteiger partial charge in [-0.05, 0) is 0 Å². The van der Waals surface area contributed by atoms with E-state index in [0.717, 1.165) is 0 Å². The van der Waals surface area contributed by atoms with Crippen molar-refractivity contribution in [3.63, 3.8) is 0 Å². The molecule has 0 spiro atoms. The zero-order valence-electron chi connectivity index (χ0n) is 10.9. The summed E-state index contributed by atoms with van der Waals surface area (Å²) in [6, 6.07) is 0. The van der Waals surface area contributed by atoms with Crippen molar-refractivity contribution in [2.75, 3.05) is 25.7 Å². The molecule has 1 aliphatic heterocycles. The molecular formula is C11H20O7S. The number of methoxy groups -OCH3 is 2. The predicted octanol–water partition coefficient (Wildman–Crippen LogP) is -0.698. The summed E-state index contributed by atoms with van der Waals surface area (Å²) < 4.78 is 15.6. The lowest BCUT2D eigenvalue weighted by atomic mass is 10.00. The van der Waals surface area contributed by atoms with Crippen LogP contribution in [0.5, 0.6) is 0 Å². The Morgan fingerprint density at radius 1 is 1.26 bits per heavy atom. The molecule has 3 N–H and O–H groups in total.